The molecule has 0 radical (unpaired) electrons. The fraction of sp³-hybridized carbons (Fsp3) is 0.167. The minimum absolute atomic E-state index is 0.0298. The highest BCUT2D eigenvalue weighted by Gasteiger charge is 2.35. The van der Waals surface area contributed by atoms with E-state index in [0.29, 0.717) is 0 Å². The van der Waals surface area contributed by atoms with Gasteiger partial charge in [-0.2, -0.15) is 5.26 Å². The van der Waals surface area contributed by atoms with E-state index >= 15 is 0 Å². The van der Waals surface area contributed by atoms with Crippen LogP contribution in [0.2, 0.25) is 0 Å². The number of carbonyl (C=O) groups is 2. The van der Waals surface area contributed by atoms with E-state index in [1.807, 2.05) is 5.32 Å². The van der Waals surface area contributed by atoms with Crippen LogP contribution in [-0.4, -0.2) is 18.5 Å². The predicted octanol–water partition coefficient (Wildman–Crippen LogP) is 3.15. The molecule has 2 rings (SSSR count). The van der Waals surface area contributed by atoms with Crippen molar-refractivity contribution in [2.24, 2.45) is 0 Å². The van der Waals surface area contributed by atoms with Crippen LogP contribution in [0.1, 0.15) is 34.5 Å². The third kappa shape index (κ3) is 3.89. The Hall–Kier alpha value is -3.41. The van der Waals surface area contributed by atoms with E-state index in [1.165, 1.54) is 31.2 Å². The molecule has 2 aromatic carbocycles. The lowest BCUT2D eigenvalue weighted by molar-refractivity contribution is -0.145. The molecule has 0 saturated carbocycles. The SMILES string of the molecule is CCOC(=O)C(NC(=O)c1ccccc1)c1c(F)c(F)c(C#N)c(F)c1F. The Kier molecular flexibility index (Phi) is 6.13. The van der Waals surface area contributed by atoms with Gasteiger partial charge in [0.25, 0.3) is 5.91 Å². The lowest BCUT2D eigenvalue weighted by Crippen LogP contribution is -2.36. The summed E-state index contributed by atoms with van der Waals surface area (Å²) in [6, 6.07) is 6.12. The number of halogens is 4. The van der Waals surface area contributed by atoms with Gasteiger partial charge in [0.1, 0.15) is 11.6 Å². The number of hydrogen-bond donors (Lipinski definition) is 1. The summed E-state index contributed by atoms with van der Waals surface area (Å²) in [6.07, 6.45) is 0. The second-order valence-corrected chi connectivity index (χ2v) is 5.18. The first-order valence-corrected chi connectivity index (χ1v) is 7.61. The number of hydrogen-bond acceptors (Lipinski definition) is 4. The van der Waals surface area contributed by atoms with E-state index in [-0.39, 0.29) is 12.2 Å². The first-order valence-electron chi connectivity index (χ1n) is 7.61. The minimum atomic E-state index is -2.17. The summed E-state index contributed by atoms with van der Waals surface area (Å²) in [4.78, 5) is 24.4. The summed E-state index contributed by atoms with van der Waals surface area (Å²) in [6.45, 7) is 1.17. The normalized spacial score (nSPS) is 11.4. The molecular formula is C18H12F4N2O3. The van der Waals surface area contributed by atoms with Gasteiger partial charge < -0.3 is 10.1 Å². The number of carbonyl (C=O) groups excluding carboxylic acids is 2. The smallest absolute Gasteiger partial charge is 0.333 e. The van der Waals surface area contributed by atoms with Gasteiger partial charge in [0.2, 0.25) is 0 Å². The molecule has 0 bridgehead atoms. The summed E-state index contributed by atoms with van der Waals surface area (Å²) in [7, 11) is 0. The number of nitrogens with zero attached hydrogens (tertiary/aromatic N) is 1. The van der Waals surface area contributed by atoms with Crippen LogP contribution in [0.15, 0.2) is 30.3 Å². The number of ether oxygens (including phenoxy) is 1. The summed E-state index contributed by atoms with van der Waals surface area (Å²) < 4.78 is 61.1. The molecule has 0 aliphatic carbocycles. The van der Waals surface area contributed by atoms with E-state index in [2.05, 4.69) is 4.74 Å². The summed E-state index contributed by atoms with van der Waals surface area (Å²) in [5.41, 5.74) is -2.85. The quantitative estimate of drug-likeness (QED) is 0.491. The maximum Gasteiger partial charge on any atom is 0.333 e. The minimum Gasteiger partial charge on any atom is -0.464 e. The molecule has 5 nitrogen and oxygen atoms in total. The van der Waals surface area contributed by atoms with Gasteiger partial charge in [0, 0.05) is 5.56 Å². The van der Waals surface area contributed by atoms with Crippen molar-refractivity contribution < 1.29 is 31.9 Å². The van der Waals surface area contributed by atoms with E-state index in [1.54, 1.807) is 6.07 Å². The molecule has 2 aromatic rings. The molecule has 140 valence electrons. The molecule has 0 heterocycles. The van der Waals surface area contributed by atoms with E-state index in [4.69, 9.17) is 5.26 Å². The number of amides is 1. The molecule has 1 amide bonds. The van der Waals surface area contributed by atoms with E-state index < -0.39 is 52.3 Å². The lowest BCUT2D eigenvalue weighted by Gasteiger charge is -2.19. The summed E-state index contributed by atoms with van der Waals surface area (Å²) >= 11 is 0. The molecule has 1 atom stereocenters. The predicted molar refractivity (Wildman–Crippen MR) is 84.3 cm³/mol. The van der Waals surface area contributed by atoms with Crippen molar-refractivity contribution in [1.82, 2.24) is 5.32 Å². The first-order chi connectivity index (χ1) is 12.8. The van der Waals surface area contributed by atoms with Crippen molar-refractivity contribution in [3.63, 3.8) is 0 Å². The monoisotopic (exact) mass is 380 g/mol. The van der Waals surface area contributed by atoms with Crippen LogP contribution >= 0.6 is 0 Å². The molecule has 27 heavy (non-hydrogen) atoms. The van der Waals surface area contributed by atoms with Crippen molar-refractivity contribution in [2.45, 2.75) is 13.0 Å². The molecule has 0 aliphatic rings. The van der Waals surface area contributed by atoms with Gasteiger partial charge in [-0.3, -0.25) is 4.79 Å². The van der Waals surface area contributed by atoms with Gasteiger partial charge in [0.05, 0.1) is 12.2 Å². The summed E-state index contributed by atoms with van der Waals surface area (Å²) in [5, 5.41) is 10.6. The molecular weight excluding hydrogens is 368 g/mol. The first kappa shape index (κ1) is 19.9. The number of esters is 1. The van der Waals surface area contributed by atoms with E-state index in [0.717, 1.165) is 6.07 Å². The average molecular weight is 380 g/mol. The third-order valence-electron chi connectivity index (χ3n) is 3.53. The third-order valence-corrected chi connectivity index (χ3v) is 3.53. The van der Waals surface area contributed by atoms with Crippen molar-refractivity contribution in [1.29, 1.82) is 5.26 Å². The molecule has 0 fully saturated rings. The number of nitriles is 1. The second kappa shape index (κ2) is 8.31. The Bertz CT molecular complexity index is 897. The van der Waals surface area contributed by atoms with Crippen molar-refractivity contribution in [2.75, 3.05) is 6.61 Å². The highest BCUT2D eigenvalue weighted by Crippen LogP contribution is 2.29. The number of rotatable bonds is 5. The van der Waals surface area contributed by atoms with Crippen LogP contribution in [0.25, 0.3) is 0 Å². The zero-order valence-electron chi connectivity index (χ0n) is 13.9. The number of nitrogens with one attached hydrogen (secondary N) is 1. The largest absolute Gasteiger partial charge is 0.464 e. The Balaban J connectivity index is 2.58. The van der Waals surface area contributed by atoms with Crippen LogP contribution in [-0.2, 0) is 9.53 Å². The Labute approximate surface area is 151 Å². The van der Waals surface area contributed by atoms with Gasteiger partial charge in [0.15, 0.2) is 29.3 Å². The molecule has 0 spiro atoms. The topological polar surface area (TPSA) is 79.2 Å². The average Bonchev–Trinajstić information content (AvgIpc) is 2.67. The van der Waals surface area contributed by atoms with Gasteiger partial charge in [-0.15, -0.1) is 0 Å². The van der Waals surface area contributed by atoms with Crippen molar-refractivity contribution in [3.8, 4) is 6.07 Å². The highest BCUT2D eigenvalue weighted by atomic mass is 19.2. The van der Waals surface area contributed by atoms with Crippen LogP contribution in [0.4, 0.5) is 17.6 Å². The Morgan fingerprint density at radius 2 is 1.63 bits per heavy atom. The van der Waals surface area contributed by atoms with Crippen LogP contribution in [0, 0.1) is 34.6 Å². The highest BCUT2D eigenvalue weighted by molar-refractivity contribution is 5.97. The number of benzene rings is 2. The summed E-state index contributed by atoms with van der Waals surface area (Å²) in [5.74, 6) is -10.2. The standard InChI is InChI=1S/C18H12F4N2O3/c1-2-27-18(26)16(24-17(25)9-6-4-3-5-7-9)11-14(21)12(19)10(8-23)13(20)15(11)22/h3-7,16H,2H2,1H3,(H,24,25). The molecule has 0 aliphatic heterocycles. The maximum absolute atomic E-state index is 14.3. The van der Waals surface area contributed by atoms with Crippen molar-refractivity contribution >= 4 is 11.9 Å². The lowest BCUT2D eigenvalue weighted by atomic mass is 10.0. The van der Waals surface area contributed by atoms with Crippen LogP contribution in [0.5, 0.6) is 0 Å². The second-order valence-electron chi connectivity index (χ2n) is 5.18. The fourth-order valence-corrected chi connectivity index (χ4v) is 2.28. The van der Waals surface area contributed by atoms with Gasteiger partial charge >= 0.3 is 5.97 Å². The Morgan fingerprint density at radius 1 is 1.07 bits per heavy atom. The molecule has 1 N–H and O–H groups in total. The zero-order valence-corrected chi connectivity index (χ0v) is 13.9. The van der Waals surface area contributed by atoms with E-state index in [9.17, 15) is 27.2 Å². The zero-order chi connectivity index (χ0) is 20.1. The van der Waals surface area contributed by atoms with Crippen LogP contribution < -0.4 is 5.32 Å². The van der Waals surface area contributed by atoms with Gasteiger partial charge in [-0.05, 0) is 19.1 Å². The van der Waals surface area contributed by atoms with Gasteiger partial charge in [-0.25, -0.2) is 22.4 Å². The van der Waals surface area contributed by atoms with Crippen molar-refractivity contribution in [3.05, 3.63) is 70.3 Å². The molecule has 9 heteroatoms. The maximum atomic E-state index is 14.3. The van der Waals surface area contributed by atoms with Crippen LogP contribution in [0.3, 0.4) is 0 Å². The molecule has 0 saturated heterocycles. The molecule has 0 aromatic heterocycles. The molecule has 1 unspecified atom stereocenters. The van der Waals surface area contributed by atoms with Gasteiger partial charge in [-0.1, -0.05) is 18.2 Å². The Morgan fingerprint density at radius 3 is 2.11 bits per heavy atom. The fourth-order valence-electron chi connectivity index (χ4n) is 2.28.